The van der Waals surface area contributed by atoms with Crippen LogP contribution < -0.4 is 0 Å². The summed E-state index contributed by atoms with van der Waals surface area (Å²) < 4.78 is 0. The van der Waals surface area contributed by atoms with E-state index in [0.29, 0.717) is 12.6 Å². The Morgan fingerprint density at radius 3 is 2.55 bits per heavy atom. The first kappa shape index (κ1) is 8.75. The van der Waals surface area contributed by atoms with Crippen LogP contribution in [0.1, 0.15) is 19.8 Å². The van der Waals surface area contributed by atoms with E-state index in [1.165, 1.54) is 0 Å². The van der Waals surface area contributed by atoms with Gasteiger partial charge in [0.1, 0.15) is 0 Å². The van der Waals surface area contributed by atoms with Gasteiger partial charge in [-0.05, 0) is 12.8 Å². The fourth-order valence-electron chi connectivity index (χ4n) is 1.59. The fraction of sp³-hybridized carbons (Fsp3) is 0.778. The van der Waals surface area contributed by atoms with Crippen LogP contribution in [0.25, 0.3) is 0 Å². The summed E-state index contributed by atoms with van der Waals surface area (Å²) in [5.41, 5.74) is 0. The molecule has 1 rings (SSSR count). The zero-order chi connectivity index (χ0) is 8.10. The Bertz CT molecular complexity index is 126. The van der Waals surface area contributed by atoms with Gasteiger partial charge in [-0.2, -0.15) is 0 Å². The van der Waals surface area contributed by atoms with E-state index in [1.54, 1.807) is 0 Å². The van der Waals surface area contributed by atoms with Gasteiger partial charge in [-0.3, -0.25) is 4.90 Å². The molecule has 1 unspecified atom stereocenters. The molecule has 0 aromatic carbocycles. The van der Waals surface area contributed by atoms with Crippen molar-refractivity contribution in [2.75, 3.05) is 19.7 Å². The number of rotatable bonds is 4. The third-order valence-corrected chi connectivity index (χ3v) is 2.30. The Hall–Kier alpha value is -0.340. The molecule has 0 spiro atoms. The van der Waals surface area contributed by atoms with Gasteiger partial charge in [0.15, 0.2) is 0 Å². The highest BCUT2D eigenvalue weighted by atomic mass is 16.3. The molecule has 0 saturated carbocycles. The van der Waals surface area contributed by atoms with Crippen LogP contribution in [0.4, 0.5) is 0 Å². The summed E-state index contributed by atoms with van der Waals surface area (Å²) in [6.07, 6.45) is 6.44. The van der Waals surface area contributed by atoms with E-state index in [-0.39, 0.29) is 0 Å². The predicted octanol–water partition coefficient (Wildman–Crippen LogP) is 1.02. The molecule has 0 aromatic heterocycles. The largest absolute Gasteiger partial charge is 0.396 e. The second-order valence-corrected chi connectivity index (χ2v) is 3.00. The van der Waals surface area contributed by atoms with Crippen LogP contribution >= 0.6 is 0 Å². The highest BCUT2D eigenvalue weighted by Gasteiger charge is 2.15. The molecule has 0 aromatic rings. The molecule has 2 heteroatoms. The lowest BCUT2D eigenvalue weighted by Gasteiger charge is -2.25. The maximum absolute atomic E-state index is 8.78. The molecule has 0 saturated heterocycles. The van der Waals surface area contributed by atoms with Crippen molar-refractivity contribution in [1.82, 2.24) is 4.90 Å². The van der Waals surface area contributed by atoms with Gasteiger partial charge in [0.25, 0.3) is 0 Å². The highest BCUT2D eigenvalue weighted by Crippen LogP contribution is 2.11. The van der Waals surface area contributed by atoms with Crippen molar-refractivity contribution in [1.29, 1.82) is 0 Å². The summed E-state index contributed by atoms with van der Waals surface area (Å²) in [4.78, 5) is 2.40. The molecule has 0 bridgehead atoms. The van der Waals surface area contributed by atoms with E-state index in [2.05, 4.69) is 24.0 Å². The predicted molar refractivity (Wildman–Crippen MR) is 46.5 cm³/mol. The Balaban J connectivity index is 2.29. The first-order valence-electron chi connectivity index (χ1n) is 4.38. The maximum Gasteiger partial charge on any atom is 0.0445 e. The summed E-state index contributed by atoms with van der Waals surface area (Å²) in [5.74, 6) is 0. The molecule has 1 heterocycles. The second-order valence-electron chi connectivity index (χ2n) is 3.00. The van der Waals surface area contributed by atoms with E-state index in [4.69, 9.17) is 5.11 Å². The third-order valence-electron chi connectivity index (χ3n) is 2.30. The SMILES string of the molecule is CCC(CCO)N1CC=CC1. The summed E-state index contributed by atoms with van der Waals surface area (Å²) in [5, 5.41) is 8.78. The van der Waals surface area contributed by atoms with Crippen LogP contribution in [0.15, 0.2) is 12.2 Å². The monoisotopic (exact) mass is 155 g/mol. The topological polar surface area (TPSA) is 23.5 Å². The molecular formula is C9H17NO. The lowest BCUT2D eigenvalue weighted by molar-refractivity contribution is 0.185. The quantitative estimate of drug-likeness (QED) is 0.613. The van der Waals surface area contributed by atoms with Gasteiger partial charge in [0, 0.05) is 25.7 Å². The molecule has 0 aliphatic carbocycles. The van der Waals surface area contributed by atoms with E-state index < -0.39 is 0 Å². The molecule has 11 heavy (non-hydrogen) atoms. The zero-order valence-corrected chi connectivity index (χ0v) is 7.16. The summed E-state index contributed by atoms with van der Waals surface area (Å²) in [7, 11) is 0. The molecule has 0 amide bonds. The van der Waals surface area contributed by atoms with Crippen LogP contribution in [0.5, 0.6) is 0 Å². The van der Waals surface area contributed by atoms with E-state index in [1.807, 2.05) is 0 Å². The number of nitrogens with zero attached hydrogens (tertiary/aromatic N) is 1. The fourth-order valence-corrected chi connectivity index (χ4v) is 1.59. The molecule has 0 fully saturated rings. The standard InChI is InChI=1S/C9H17NO/c1-2-9(5-8-11)10-6-3-4-7-10/h3-4,9,11H,2,5-8H2,1H3. The Morgan fingerprint density at radius 1 is 1.45 bits per heavy atom. The van der Waals surface area contributed by atoms with E-state index in [0.717, 1.165) is 25.9 Å². The van der Waals surface area contributed by atoms with E-state index >= 15 is 0 Å². The first-order chi connectivity index (χ1) is 5.38. The van der Waals surface area contributed by atoms with Gasteiger partial charge < -0.3 is 5.11 Å². The van der Waals surface area contributed by atoms with Crippen LogP contribution in [0.3, 0.4) is 0 Å². The van der Waals surface area contributed by atoms with Crippen molar-refractivity contribution in [2.45, 2.75) is 25.8 Å². The number of hydrogen-bond acceptors (Lipinski definition) is 2. The van der Waals surface area contributed by atoms with Gasteiger partial charge in [-0.25, -0.2) is 0 Å². The van der Waals surface area contributed by atoms with Gasteiger partial charge in [0.2, 0.25) is 0 Å². The minimum absolute atomic E-state index is 0.314. The van der Waals surface area contributed by atoms with E-state index in [9.17, 15) is 0 Å². The summed E-state index contributed by atoms with van der Waals surface area (Å²) in [6, 6.07) is 0.579. The summed E-state index contributed by atoms with van der Waals surface area (Å²) in [6.45, 7) is 4.63. The van der Waals surface area contributed by atoms with Crippen LogP contribution in [0.2, 0.25) is 0 Å². The van der Waals surface area contributed by atoms with Gasteiger partial charge >= 0.3 is 0 Å². The van der Waals surface area contributed by atoms with Crippen molar-refractivity contribution in [3.63, 3.8) is 0 Å². The third kappa shape index (κ3) is 2.31. The molecule has 1 N–H and O–H groups in total. The Labute approximate surface area is 68.5 Å². The average Bonchev–Trinajstić information content (AvgIpc) is 2.52. The van der Waals surface area contributed by atoms with Gasteiger partial charge in [-0.1, -0.05) is 19.1 Å². The zero-order valence-electron chi connectivity index (χ0n) is 7.16. The van der Waals surface area contributed by atoms with Crippen LogP contribution in [-0.2, 0) is 0 Å². The molecule has 0 radical (unpaired) electrons. The smallest absolute Gasteiger partial charge is 0.0445 e. The second kappa shape index (κ2) is 4.52. The van der Waals surface area contributed by atoms with Crippen molar-refractivity contribution in [3.05, 3.63) is 12.2 Å². The molecule has 1 aliphatic heterocycles. The normalized spacial score (nSPS) is 20.9. The molecule has 1 atom stereocenters. The minimum atomic E-state index is 0.314. The van der Waals surface area contributed by atoms with Gasteiger partial charge in [0.05, 0.1) is 0 Å². The molecule has 64 valence electrons. The highest BCUT2D eigenvalue weighted by molar-refractivity contribution is 4.97. The summed E-state index contributed by atoms with van der Waals surface area (Å²) >= 11 is 0. The van der Waals surface area contributed by atoms with Crippen molar-refractivity contribution in [3.8, 4) is 0 Å². The molecule has 2 nitrogen and oxygen atoms in total. The van der Waals surface area contributed by atoms with Crippen LogP contribution in [-0.4, -0.2) is 35.7 Å². The number of aliphatic hydroxyl groups is 1. The van der Waals surface area contributed by atoms with Crippen molar-refractivity contribution < 1.29 is 5.11 Å². The molecule has 1 aliphatic rings. The maximum atomic E-state index is 8.78. The number of hydrogen-bond donors (Lipinski definition) is 1. The van der Waals surface area contributed by atoms with Crippen LogP contribution in [0, 0.1) is 0 Å². The lowest BCUT2D eigenvalue weighted by Crippen LogP contribution is -2.33. The number of aliphatic hydroxyl groups excluding tert-OH is 1. The molecular weight excluding hydrogens is 138 g/mol. The van der Waals surface area contributed by atoms with Crippen molar-refractivity contribution in [2.24, 2.45) is 0 Å². The Morgan fingerprint density at radius 2 is 2.09 bits per heavy atom. The van der Waals surface area contributed by atoms with Crippen molar-refractivity contribution >= 4 is 0 Å². The Kier molecular flexibility index (Phi) is 3.60. The minimum Gasteiger partial charge on any atom is -0.396 e. The average molecular weight is 155 g/mol. The first-order valence-corrected chi connectivity index (χ1v) is 4.38. The van der Waals surface area contributed by atoms with Gasteiger partial charge in [-0.15, -0.1) is 0 Å². The lowest BCUT2D eigenvalue weighted by atomic mass is 10.1.